The van der Waals surface area contributed by atoms with Gasteiger partial charge >= 0.3 is 0 Å². The molecular weight excluding hydrogens is 430 g/mol. The highest BCUT2D eigenvalue weighted by Gasteiger charge is 2.24. The molecule has 0 aliphatic rings. The van der Waals surface area contributed by atoms with Gasteiger partial charge in [-0.2, -0.15) is 0 Å². The fraction of sp³-hybridized carbons (Fsp3) is 0.308. The van der Waals surface area contributed by atoms with Crippen molar-refractivity contribution >= 4 is 28.4 Å². The molecule has 0 aliphatic heterocycles. The third-order valence-corrected chi connectivity index (χ3v) is 5.61. The van der Waals surface area contributed by atoms with E-state index in [1.165, 1.54) is 4.40 Å². The van der Waals surface area contributed by atoms with Gasteiger partial charge in [-0.3, -0.25) is 14.0 Å². The molecule has 0 radical (unpaired) electrons. The van der Waals surface area contributed by atoms with Crippen molar-refractivity contribution in [3.63, 3.8) is 0 Å². The largest absolute Gasteiger partial charge is 0.379 e. The van der Waals surface area contributed by atoms with Crippen molar-refractivity contribution in [2.24, 2.45) is 0 Å². The molecular formula is C26H30N5O3+. The number of anilines is 1. The molecule has 8 heteroatoms. The Labute approximate surface area is 198 Å². The molecule has 0 fully saturated rings. The van der Waals surface area contributed by atoms with Crippen LogP contribution < -0.4 is 21.2 Å². The minimum absolute atomic E-state index is 0.115. The Kier molecular flexibility index (Phi) is 6.88. The molecule has 0 unspecified atom stereocenters. The quantitative estimate of drug-likeness (QED) is 0.239. The summed E-state index contributed by atoms with van der Waals surface area (Å²) in [5, 5.41) is 3.25. The Morgan fingerprint density at radius 3 is 2.71 bits per heavy atom. The summed E-state index contributed by atoms with van der Waals surface area (Å²) in [5.74, 6) is -0.0739. The number of amides is 1. The zero-order chi connectivity index (χ0) is 24.2. The van der Waals surface area contributed by atoms with Crippen LogP contribution in [0, 0.1) is 6.92 Å². The van der Waals surface area contributed by atoms with Crippen molar-refractivity contribution in [1.29, 1.82) is 0 Å². The number of pyridine rings is 2. The monoisotopic (exact) mass is 460 g/mol. The van der Waals surface area contributed by atoms with Gasteiger partial charge < -0.3 is 15.8 Å². The maximum absolute atomic E-state index is 13.4. The molecule has 0 atom stereocenters. The highest BCUT2D eigenvalue weighted by molar-refractivity contribution is 6.00. The van der Waals surface area contributed by atoms with Gasteiger partial charge in [0.05, 0.1) is 12.6 Å². The van der Waals surface area contributed by atoms with Gasteiger partial charge in [0.1, 0.15) is 10.9 Å². The second kappa shape index (κ2) is 10.0. The molecule has 0 spiro atoms. The number of carbonyl (C=O) groups is 1. The van der Waals surface area contributed by atoms with Crippen LogP contribution in [0.5, 0.6) is 0 Å². The predicted octanol–water partition coefficient (Wildman–Crippen LogP) is 2.77. The average Bonchev–Trinajstić information content (AvgIpc) is 2.82. The van der Waals surface area contributed by atoms with Gasteiger partial charge in [0.2, 0.25) is 11.5 Å². The Hall–Kier alpha value is -3.78. The van der Waals surface area contributed by atoms with Crippen molar-refractivity contribution in [2.75, 3.05) is 12.3 Å². The number of aromatic nitrogens is 3. The summed E-state index contributed by atoms with van der Waals surface area (Å²) in [5.41, 5.74) is 9.38. The van der Waals surface area contributed by atoms with Crippen molar-refractivity contribution in [3.05, 3.63) is 81.8 Å². The van der Waals surface area contributed by atoms with Crippen LogP contribution in [0.15, 0.2) is 59.5 Å². The number of nitrogens with one attached hydrogen (secondary N) is 1. The van der Waals surface area contributed by atoms with Crippen molar-refractivity contribution in [2.45, 2.75) is 46.4 Å². The molecule has 1 amide bonds. The first kappa shape index (κ1) is 23.4. The number of fused-ring (bicyclic) bond motifs is 2. The number of hydrogen-bond acceptors (Lipinski definition) is 5. The van der Waals surface area contributed by atoms with Crippen molar-refractivity contribution in [3.8, 4) is 0 Å². The molecule has 0 saturated carbocycles. The molecule has 8 nitrogen and oxygen atoms in total. The fourth-order valence-electron chi connectivity index (χ4n) is 3.88. The number of aryl methyl sites for hydroxylation is 2. The van der Waals surface area contributed by atoms with E-state index < -0.39 is 0 Å². The van der Waals surface area contributed by atoms with Crippen LogP contribution in [0.3, 0.4) is 0 Å². The Bertz CT molecular complexity index is 1400. The third-order valence-electron chi connectivity index (χ3n) is 5.61. The van der Waals surface area contributed by atoms with Crippen molar-refractivity contribution in [1.82, 2.24) is 14.7 Å². The standard InChI is InChI=1S/C26H29N5O3/c1-17(2)34-13-7-12-30-23(27)20(25(32)28-15-19-8-5-4-6-9-19)14-21-24(30)29-22-11-10-18(3)16-31(22)26(21)33/h4-6,8-11,14,16-17,27H,7,12-13,15H2,1-3H3,(H,28,32)/p+1. The van der Waals surface area contributed by atoms with E-state index >= 15 is 0 Å². The predicted molar refractivity (Wildman–Crippen MR) is 132 cm³/mol. The highest BCUT2D eigenvalue weighted by Crippen LogP contribution is 2.16. The van der Waals surface area contributed by atoms with E-state index in [1.807, 2.05) is 57.2 Å². The number of carbonyl (C=O) groups excluding carboxylic acids is 1. The van der Waals surface area contributed by atoms with E-state index in [0.717, 1.165) is 11.1 Å². The lowest BCUT2D eigenvalue weighted by molar-refractivity contribution is -0.659. The number of rotatable bonds is 8. The number of nitrogens with two attached hydrogens (primary N) is 1. The summed E-state index contributed by atoms with van der Waals surface area (Å²) in [6.07, 6.45) is 2.52. The molecule has 3 N–H and O–H groups in total. The van der Waals surface area contributed by atoms with E-state index in [1.54, 1.807) is 22.9 Å². The lowest BCUT2D eigenvalue weighted by Gasteiger charge is -2.13. The number of hydrogen-bond donors (Lipinski definition) is 2. The van der Waals surface area contributed by atoms with E-state index in [0.29, 0.717) is 42.8 Å². The minimum Gasteiger partial charge on any atom is -0.379 e. The summed E-state index contributed by atoms with van der Waals surface area (Å²) in [6, 6.07) is 14.9. The summed E-state index contributed by atoms with van der Waals surface area (Å²) >= 11 is 0. The zero-order valence-electron chi connectivity index (χ0n) is 19.7. The normalized spacial score (nSPS) is 11.4. The molecule has 3 aromatic heterocycles. The van der Waals surface area contributed by atoms with E-state index in [9.17, 15) is 9.59 Å². The summed E-state index contributed by atoms with van der Waals surface area (Å²) in [6.45, 7) is 7.21. The van der Waals surface area contributed by atoms with Crippen LogP contribution >= 0.6 is 0 Å². The molecule has 34 heavy (non-hydrogen) atoms. The molecule has 3 heterocycles. The lowest BCUT2D eigenvalue weighted by atomic mass is 10.1. The van der Waals surface area contributed by atoms with Crippen LogP contribution in [0.25, 0.3) is 16.7 Å². The topological polar surface area (TPSA) is 103 Å². The number of ether oxygens (including phenoxy) is 1. The SMILES string of the molecule is Cc1ccc2nc3c(cc(C(=O)NCc4ccccc4)c(N)[n+]3CCCOC(C)C)c(=O)n2c1. The van der Waals surface area contributed by atoms with Crippen molar-refractivity contribution < 1.29 is 14.1 Å². The molecule has 0 aliphatic carbocycles. The Morgan fingerprint density at radius 1 is 1.21 bits per heavy atom. The molecule has 0 saturated heterocycles. The van der Waals surface area contributed by atoms with Gasteiger partial charge in [0.15, 0.2) is 0 Å². The first-order chi connectivity index (χ1) is 16.3. The third kappa shape index (κ3) is 4.92. The smallest absolute Gasteiger partial charge is 0.278 e. The lowest BCUT2D eigenvalue weighted by Crippen LogP contribution is -2.43. The van der Waals surface area contributed by atoms with Crippen LogP contribution in [0.4, 0.5) is 5.82 Å². The van der Waals surface area contributed by atoms with Gasteiger partial charge in [-0.15, -0.1) is 0 Å². The summed E-state index contributed by atoms with van der Waals surface area (Å²) in [7, 11) is 0. The van der Waals surface area contributed by atoms with Crippen LogP contribution in [-0.4, -0.2) is 28.0 Å². The van der Waals surface area contributed by atoms with Crippen LogP contribution in [-0.2, 0) is 17.8 Å². The van der Waals surface area contributed by atoms with E-state index in [2.05, 4.69) is 5.32 Å². The fourth-order valence-corrected chi connectivity index (χ4v) is 3.88. The Morgan fingerprint density at radius 2 is 1.97 bits per heavy atom. The maximum atomic E-state index is 13.4. The summed E-state index contributed by atoms with van der Waals surface area (Å²) < 4.78 is 8.92. The van der Waals surface area contributed by atoms with Gasteiger partial charge in [0.25, 0.3) is 17.1 Å². The van der Waals surface area contributed by atoms with Crippen LogP contribution in [0.2, 0.25) is 0 Å². The van der Waals surface area contributed by atoms with E-state index in [4.69, 9.17) is 15.5 Å². The molecule has 4 aromatic rings. The van der Waals surface area contributed by atoms with Gasteiger partial charge in [-0.25, -0.2) is 4.57 Å². The zero-order valence-corrected chi connectivity index (χ0v) is 19.7. The minimum atomic E-state index is -0.343. The van der Waals surface area contributed by atoms with Gasteiger partial charge in [-0.05, 0) is 44.0 Å². The average molecular weight is 461 g/mol. The first-order valence-corrected chi connectivity index (χ1v) is 11.4. The second-order valence-electron chi connectivity index (χ2n) is 8.63. The maximum Gasteiger partial charge on any atom is 0.278 e. The van der Waals surface area contributed by atoms with E-state index in [-0.39, 0.29) is 29.0 Å². The van der Waals surface area contributed by atoms with Crippen LogP contribution in [0.1, 0.15) is 41.8 Å². The molecule has 0 bridgehead atoms. The summed E-state index contributed by atoms with van der Waals surface area (Å²) in [4.78, 5) is 31.2. The number of nitrogens with zero attached hydrogens (tertiary/aromatic N) is 3. The number of nitrogen functional groups attached to an aromatic ring is 1. The first-order valence-electron chi connectivity index (χ1n) is 11.4. The Balaban J connectivity index is 1.79. The van der Waals surface area contributed by atoms with Gasteiger partial charge in [0, 0.05) is 25.8 Å². The molecule has 1 aromatic carbocycles. The molecule has 176 valence electrons. The second-order valence-corrected chi connectivity index (χ2v) is 8.63. The molecule has 4 rings (SSSR count). The van der Waals surface area contributed by atoms with Gasteiger partial charge in [-0.1, -0.05) is 41.4 Å². The highest BCUT2D eigenvalue weighted by atomic mass is 16.5. The number of benzene rings is 1.